The first kappa shape index (κ1) is 32.6. The number of amides is 2. The normalized spacial score (nSPS) is 13.4. The maximum absolute atomic E-state index is 13.7. The van der Waals surface area contributed by atoms with E-state index in [9.17, 15) is 32.3 Å². The van der Waals surface area contributed by atoms with Crippen molar-refractivity contribution in [2.24, 2.45) is 0 Å². The van der Waals surface area contributed by atoms with Crippen LogP contribution in [0.2, 0.25) is 5.02 Å². The second-order valence-corrected chi connectivity index (χ2v) is 9.92. The van der Waals surface area contributed by atoms with Gasteiger partial charge < -0.3 is 25.2 Å². The molecule has 1 unspecified atom stereocenters. The molecule has 2 aromatic carbocycles. The van der Waals surface area contributed by atoms with Crippen LogP contribution in [0, 0.1) is 5.82 Å². The Kier molecular flexibility index (Phi) is 11.1. The Morgan fingerprint density at radius 2 is 1.79 bits per heavy atom. The molecular weight excluding hydrogens is 582 g/mol. The first-order valence-corrected chi connectivity index (χ1v) is 13.2. The van der Waals surface area contributed by atoms with Crippen molar-refractivity contribution in [1.29, 1.82) is 0 Å². The van der Waals surface area contributed by atoms with E-state index >= 15 is 0 Å². The first-order valence-electron chi connectivity index (χ1n) is 12.8. The molecule has 2 amide bonds. The van der Waals surface area contributed by atoms with Crippen molar-refractivity contribution in [2.45, 2.75) is 51.6 Å². The SMILES string of the molecule is CC(F)(F)F.COc1cc(C(=O)NCC(O)c2cc(CNC(C)=O)cc(-c3ccc(F)c(Cl)c3)n2)ccc1OC1CC1. The number of nitrogens with zero attached hydrogens (tertiary/aromatic N) is 1. The Bertz CT molecular complexity index is 1410. The van der Waals surface area contributed by atoms with Crippen LogP contribution in [0.25, 0.3) is 11.3 Å². The standard InChI is InChI=1S/C27H27ClFN3O5.C2H3F3/c1-15(33)30-13-16-9-22(17-3-7-21(29)20(28)11-17)32-23(10-16)24(34)14-31-27(35)18-4-8-25(26(12-18)36-2)37-19-5-6-19;1-2(3,4)5/h3-4,7-12,19,24,34H,5-6,13-14H2,1-2H3,(H,30,33)(H,31,35);1H3. The van der Waals surface area contributed by atoms with Crippen LogP contribution in [-0.2, 0) is 11.3 Å². The van der Waals surface area contributed by atoms with Gasteiger partial charge in [-0.1, -0.05) is 11.6 Å². The molecule has 226 valence electrons. The Balaban J connectivity index is 0.000000892. The molecule has 1 heterocycles. The lowest BCUT2D eigenvalue weighted by Gasteiger charge is -2.16. The molecule has 8 nitrogen and oxygen atoms in total. The second-order valence-electron chi connectivity index (χ2n) is 9.51. The van der Waals surface area contributed by atoms with Crippen molar-refractivity contribution in [3.8, 4) is 22.8 Å². The van der Waals surface area contributed by atoms with Gasteiger partial charge in [-0.25, -0.2) is 9.37 Å². The van der Waals surface area contributed by atoms with Crippen molar-refractivity contribution in [2.75, 3.05) is 13.7 Å². The van der Waals surface area contributed by atoms with E-state index in [1.807, 2.05) is 0 Å². The molecule has 0 spiro atoms. The van der Waals surface area contributed by atoms with Crippen molar-refractivity contribution in [3.63, 3.8) is 0 Å². The zero-order valence-corrected chi connectivity index (χ0v) is 23.8. The summed E-state index contributed by atoms with van der Waals surface area (Å²) in [5.74, 6) is -0.159. The number of aliphatic hydroxyl groups is 1. The number of ether oxygens (including phenoxy) is 2. The van der Waals surface area contributed by atoms with Gasteiger partial charge in [0, 0.05) is 38.1 Å². The van der Waals surface area contributed by atoms with E-state index in [4.69, 9.17) is 21.1 Å². The number of hydrogen-bond acceptors (Lipinski definition) is 6. The molecule has 13 heteroatoms. The lowest BCUT2D eigenvalue weighted by Crippen LogP contribution is -2.29. The van der Waals surface area contributed by atoms with E-state index in [-0.39, 0.29) is 42.7 Å². The average molecular weight is 612 g/mol. The van der Waals surface area contributed by atoms with Crippen LogP contribution in [-0.4, -0.2) is 47.8 Å². The van der Waals surface area contributed by atoms with Crippen LogP contribution in [0.3, 0.4) is 0 Å². The van der Waals surface area contributed by atoms with Crippen LogP contribution < -0.4 is 20.1 Å². The fourth-order valence-corrected chi connectivity index (χ4v) is 3.76. The van der Waals surface area contributed by atoms with Crippen molar-refractivity contribution >= 4 is 23.4 Å². The molecule has 0 aliphatic heterocycles. The van der Waals surface area contributed by atoms with Crippen LogP contribution in [0.5, 0.6) is 11.5 Å². The van der Waals surface area contributed by atoms with Gasteiger partial charge in [-0.2, -0.15) is 13.2 Å². The first-order chi connectivity index (χ1) is 19.7. The molecule has 1 atom stereocenters. The summed E-state index contributed by atoms with van der Waals surface area (Å²) in [6.45, 7) is 1.66. The Labute approximate surface area is 245 Å². The van der Waals surface area contributed by atoms with E-state index in [2.05, 4.69) is 15.6 Å². The summed E-state index contributed by atoms with van der Waals surface area (Å²) in [5.41, 5.74) is 2.25. The van der Waals surface area contributed by atoms with Gasteiger partial charge >= 0.3 is 6.18 Å². The molecule has 4 rings (SSSR count). The van der Waals surface area contributed by atoms with Gasteiger partial charge in [0.1, 0.15) is 11.9 Å². The third-order valence-electron chi connectivity index (χ3n) is 5.70. The van der Waals surface area contributed by atoms with Gasteiger partial charge in [-0.3, -0.25) is 9.59 Å². The van der Waals surface area contributed by atoms with Gasteiger partial charge in [-0.05, 0) is 66.9 Å². The summed E-state index contributed by atoms with van der Waals surface area (Å²) in [5, 5.41) is 16.2. The highest BCUT2D eigenvalue weighted by molar-refractivity contribution is 6.31. The number of pyridine rings is 1. The monoisotopic (exact) mass is 611 g/mol. The van der Waals surface area contributed by atoms with Gasteiger partial charge in [0.25, 0.3) is 5.91 Å². The van der Waals surface area contributed by atoms with Gasteiger partial charge in [0.2, 0.25) is 5.91 Å². The number of carbonyl (C=O) groups excluding carboxylic acids is 2. The summed E-state index contributed by atoms with van der Waals surface area (Å²) in [7, 11) is 1.51. The maximum Gasteiger partial charge on any atom is 0.386 e. The minimum absolute atomic E-state index is 0.0649. The number of rotatable bonds is 10. The number of halogens is 5. The fraction of sp³-hybridized carbons (Fsp3) is 0.345. The minimum Gasteiger partial charge on any atom is -0.493 e. The number of aromatic nitrogens is 1. The predicted molar refractivity (Wildman–Crippen MR) is 148 cm³/mol. The van der Waals surface area contributed by atoms with Crippen molar-refractivity contribution in [3.05, 3.63) is 76.2 Å². The Hall–Kier alpha value is -3.90. The summed E-state index contributed by atoms with van der Waals surface area (Å²) >= 11 is 5.94. The molecule has 1 aliphatic carbocycles. The van der Waals surface area contributed by atoms with E-state index in [1.54, 1.807) is 30.3 Å². The molecule has 0 radical (unpaired) electrons. The maximum atomic E-state index is 13.7. The Morgan fingerprint density at radius 3 is 2.38 bits per heavy atom. The van der Waals surface area contributed by atoms with E-state index in [1.165, 1.54) is 32.2 Å². The fourth-order valence-electron chi connectivity index (χ4n) is 3.58. The molecule has 3 aromatic rings. The zero-order valence-electron chi connectivity index (χ0n) is 23.0. The average Bonchev–Trinajstić information content (AvgIpc) is 3.75. The number of methoxy groups -OCH3 is 1. The molecule has 3 N–H and O–H groups in total. The third-order valence-corrected chi connectivity index (χ3v) is 5.99. The highest BCUT2D eigenvalue weighted by Crippen LogP contribution is 2.34. The smallest absolute Gasteiger partial charge is 0.386 e. The van der Waals surface area contributed by atoms with E-state index in [0.29, 0.717) is 33.9 Å². The topological polar surface area (TPSA) is 110 Å². The third kappa shape index (κ3) is 10.5. The molecular formula is C29H30ClF4N3O5. The highest BCUT2D eigenvalue weighted by Gasteiger charge is 2.25. The number of nitrogens with one attached hydrogen (secondary N) is 2. The van der Waals surface area contributed by atoms with Crippen molar-refractivity contribution in [1.82, 2.24) is 15.6 Å². The predicted octanol–water partition coefficient (Wildman–Crippen LogP) is 5.76. The number of benzene rings is 2. The number of carbonyl (C=O) groups is 2. The summed E-state index contributed by atoms with van der Waals surface area (Å²) in [6, 6.07) is 12.4. The van der Waals surface area contributed by atoms with Crippen LogP contribution in [0.15, 0.2) is 48.5 Å². The number of hydrogen-bond donors (Lipinski definition) is 3. The summed E-state index contributed by atoms with van der Waals surface area (Å²) < 4.78 is 55.9. The van der Waals surface area contributed by atoms with Crippen LogP contribution in [0.4, 0.5) is 17.6 Å². The summed E-state index contributed by atoms with van der Waals surface area (Å²) in [4.78, 5) is 28.7. The lowest BCUT2D eigenvalue weighted by molar-refractivity contribution is -0.119. The van der Waals surface area contributed by atoms with Crippen LogP contribution >= 0.6 is 11.6 Å². The molecule has 1 aromatic heterocycles. The molecule has 0 bridgehead atoms. The molecule has 0 saturated heterocycles. The van der Waals surface area contributed by atoms with E-state index in [0.717, 1.165) is 12.8 Å². The summed E-state index contributed by atoms with van der Waals surface area (Å²) in [6.07, 6.45) is -2.97. The highest BCUT2D eigenvalue weighted by atomic mass is 35.5. The van der Waals surface area contributed by atoms with Gasteiger partial charge in [0.05, 0.1) is 29.6 Å². The quantitative estimate of drug-likeness (QED) is 0.252. The van der Waals surface area contributed by atoms with Crippen molar-refractivity contribution < 1.29 is 41.7 Å². The Morgan fingerprint density at radius 1 is 1.10 bits per heavy atom. The van der Waals surface area contributed by atoms with Gasteiger partial charge in [0.15, 0.2) is 11.5 Å². The molecule has 42 heavy (non-hydrogen) atoms. The number of alkyl halides is 3. The van der Waals surface area contributed by atoms with Gasteiger partial charge in [-0.15, -0.1) is 0 Å². The molecule has 1 fully saturated rings. The lowest BCUT2D eigenvalue weighted by atomic mass is 10.1. The molecule has 1 saturated carbocycles. The van der Waals surface area contributed by atoms with E-state index < -0.39 is 24.0 Å². The molecule has 1 aliphatic rings. The van der Waals surface area contributed by atoms with Crippen LogP contribution in [0.1, 0.15) is 54.4 Å². The minimum atomic E-state index is -4.00. The zero-order chi connectivity index (χ0) is 31.0. The second kappa shape index (κ2) is 14.3. The largest absolute Gasteiger partial charge is 0.493 e. The number of aliphatic hydroxyl groups excluding tert-OH is 1.